The van der Waals surface area contributed by atoms with Crippen molar-refractivity contribution in [1.29, 1.82) is 0 Å². The molecule has 0 aromatic heterocycles. The maximum atomic E-state index is 12.3. The minimum absolute atomic E-state index is 0.0128. The molecule has 1 atom stereocenters. The highest BCUT2D eigenvalue weighted by atomic mass is 16.3. The summed E-state index contributed by atoms with van der Waals surface area (Å²) in [4.78, 5) is 14.0. The summed E-state index contributed by atoms with van der Waals surface area (Å²) in [5.41, 5.74) is 0.109. The van der Waals surface area contributed by atoms with E-state index in [-0.39, 0.29) is 23.7 Å². The zero-order valence-electron chi connectivity index (χ0n) is 10.6. The number of phenolic OH excluding ortho intramolecular Hbond substituents is 1. The lowest BCUT2D eigenvalue weighted by molar-refractivity contribution is 0.0356. The second kappa shape index (κ2) is 4.98. The summed E-state index contributed by atoms with van der Waals surface area (Å²) >= 11 is 0. The number of benzene rings is 1. The van der Waals surface area contributed by atoms with Gasteiger partial charge in [-0.1, -0.05) is 19.1 Å². The molecule has 2 N–H and O–H groups in total. The van der Waals surface area contributed by atoms with Gasteiger partial charge in [-0.05, 0) is 25.0 Å². The largest absolute Gasteiger partial charge is 0.507 e. The summed E-state index contributed by atoms with van der Waals surface area (Å²) < 4.78 is 0. The van der Waals surface area contributed by atoms with Gasteiger partial charge in [0, 0.05) is 18.5 Å². The zero-order chi connectivity index (χ0) is 13.2. The summed E-state index contributed by atoms with van der Waals surface area (Å²) in [6, 6.07) is 6.58. The standard InChI is InChI=1S/C14H19NO3/c1-14(10-16)7-4-8-15(9-14)13(18)11-5-2-3-6-12(11)17/h2-3,5-6,16-17H,4,7-10H2,1H3. The number of aliphatic hydroxyl groups is 1. The molecule has 2 rings (SSSR count). The van der Waals surface area contributed by atoms with Crippen LogP contribution < -0.4 is 0 Å². The van der Waals surface area contributed by atoms with E-state index in [1.54, 1.807) is 23.1 Å². The number of hydrogen-bond acceptors (Lipinski definition) is 3. The van der Waals surface area contributed by atoms with Crippen molar-refractivity contribution in [3.63, 3.8) is 0 Å². The van der Waals surface area contributed by atoms with Gasteiger partial charge in [-0.2, -0.15) is 0 Å². The Morgan fingerprint density at radius 2 is 2.17 bits per heavy atom. The lowest BCUT2D eigenvalue weighted by Crippen LogP contribution is -2.46. The number of amides is 1. The molecule has 0 aliphatic carbocycles. The molecule has 4 nitrogen and oxygen atoms in total. The van der Waals surface area contributed by atoms with Gasteiger partial charge in [-0.3, -0.25) is 4.79 Å². The van der Waals surface area contributed by atoms with Gasteiger partial charge in [0.05, 0.1) is 12.2 Å². The quantitative estimate of drug-likeness (QED) is 0.837. The molecule has 1 saturated heterocycles. The number of hydrogen-bond donors (Lipinski definition) is 2. The van der Waals surface area contributed by atoms with Crippen LogP contribution in [0.25, 0.3) is 0 Å². The fraction of sp³-hybridized carbons (Fsp3) is 0.500. The summed E-state index contributed by atoms with van der Waals surface area (Å²) in [5, 5.41) is 19.1. The molecule has 1 fully saturated rings. The lowest BCUT2D eigenvalue weighted by atomic mass is 9.82. The van der Waals surface area contributed by atoms with Gasteiger partial charge in [-0.25, -0.2) is 0 Å². The second-order valence-corrected chi connectivity index (χ2v) is 5.32. The Morgan fingerprint density at radius 1 is 1.44 bits per heavy atom. The van der Waals surface area contributed by atoms with Crippen LogP contribution in [0.1, 0.15) is 30.1 Å². The van der Waals surface area contributed by atoms with E-state index in [0.717, 1.165) is 12.8 Å². The van der Waals surface area contributed by atoms with Gasteiger partial charge in [0.1, 0.15) is 5.75 Å². The maximum absolute atomic E-state index is 12.3. The third kappa shape index (κ3) is 2.48. The molecule has 0 spiro atoms. The number of likely N-dealkylation sites (tertiary alicyclic amines) is 1. The first-order valence-corrected chi connectivity index (χ1v) is 6.24. The van der Waals surface area contributed by atoms with E-state index in [0.29, 0.717) is 18.7 Å². The number of para-hydroxylation sites is 1. The number of piperidine rings is 1. The Labute approximate surface area is 107 Å². The molecule has 98 valence electrons. The number of carbonyl (C=O) groups is 1. The van der Waals surface area contributed by atoms with Crippen LogP contribution in [0.5, 0.6) is 5.75 Å². The van der Waals surface area contributed by atoms with E-state index in [2.05, 4.69) is 0 Å². The van der Waals surface area contributed by atoms with Crippen LogP contribution in [-0.2, 0) is 0 Å². The lowest BCUT2D eigenvalue weighted by Gasteiger charge is -2.39. The van der Waals surface area contributed by atoms with E-state index in [1.165, 1.54) is 6.07 Å². The van der Waals surface area contributed by atoms with Gasteiger partial charge < -0.3 is 15.1 Å². The van der Waals surface area contributed by atoms with E-state index < -0.39 is 0 Å². The smallest absolute Gasteiger partial charge is 0.257 e. The molecule has 1 aliphatic heterocycles. The molecule has 0 bridgehead atoms. The van der Waals surface area contributed by atoms with Crippen LogP contribution in [0.15, 0.2) is 24.3 Å². The third-order valence-electron chi connectivity index (χ3n) is 3.58. The molecular weight excluding hydrogens is 230 g/mol. The second-order valence-electron chi connectivity index (χ2n) is 5.32. The molecule has 1 amide bonds. The highest BCUT2D eigenvalue weighted by Gasteiger charge is 2.33. The normalized spacial score (nSPS) is 24.0. The minimum Gasteiger partial charge on any atom is -0.507 e. The van der Waals surface area contributed by atoms with Crippen molar-refractivity contribution in [2.45, 2.75) is 19.8 Å². The number of aliphatic hydroxyl groups excluding tert-OH is 1. The summed E-state index contributed by atoms with van der Waals surface area (Å²) in [5.74, 6) is -0.147. The first-order chi connectivity index (χ1) is 8.56. The molecule has 1 aromatic rings. The van der Waals surface area contributed by atoms with Crippen molar-refractivity contribution in [1.82, 2.24) is 4.90 Å². The number of nitrogens with zero attached hydrogens (tertiary/aromatic N) is 1. The Morgan fingerprint density at radius 3 is 2.83 bits per heavy atom. The molecular formula is C14H19NO3. The average molecular weight is 249 g/mol. The Hall–Kier alpha value is -1.55. The summed E-state index contributed by atoms with van der Waals surface area (Å²) in [6.45, 7) is 3.29. The highest BCUT2D eigenvalue weighted by Crippen LogP contribution is 2.30. The van der Waals surface area contributed by atoms with Gasteiger partial charge in [-0.15, -0.1) is 0 Å². The number of rotatable bonds is 2. The van der Waals surface area contributed by atoms with Gasteiger partial charge >= 0.3 is 0 Å². The summed E-state index contributed by atoms with van der Waals surface area (Å²) in [7, 11) is 0. The number of aromatic hydroxyl groups is 1. The van der Waals surface area contributed by atoms with Crippen molar-refractivity contribution in [3.05, 3.63) is 29.8 Å². The molecule has 1 unspecified atom stereocenters. The minimum atomic E-state index is -0.224. The van der Waals surface area contributed by atoms with E-state index in [9.17, 15) is 15.0 Å². The van der Waals surface area contributed by atoms with Crippen LogP contribution in [-0.4, -0.2) is 40.7 Å². The fourth-order valence-electron chi connectivity index (χ4n) is 2.44. The van der Waals surface area contributed by atoms with Crippen molar-refractivity contribution < 1.29 is 15.0 Å². The molecule has 1 aromatic carbocycles. The topological polar surface area (TPSA) is 60.8 Å². The predicted molar refractivity (Wildman–Crippen MR) is 68.4 cm³/mol. The molecule has 18 heavy (non-hydrogen) atoms. The Kier molecular flexibility index (Phi) is 3.57. The summed E-state index contributed by atoms with van der Waals surface area (Å²) in [6.07, 6.45) is 1.81. The SMILES string of the molecule is CC1(CO)CCCN(C(=O)c2ccccc2O)C1. The molecule has 1 heterocycles. The molecule has 0 saturated carbocycles. The van der Waals surface area contributed by atoms with E-state index in [1.807, 2.05) is 6.92 Å². The Balaban J connectivity index is 2.17. The van der Waals surface area contributed by atoms with Crippen LogP contribution in [0.4, 0.5) is 0 Å². The molecule has 4 heteroatoms. The number of phenols is 1. The number of carbonyl (C=O) groups excluding carboxylic acids is 1. The van der Waals surface area contributed by atoms with Crippen molar-refractivity contribution >= 4 is 5.91 Å². The third-order valence-corrected chi connectivity index (χ3v) is 3.58. The average Bonchev–Trinajstić information content (AvgIpc) is 2.39. The van der Waals surface area contributed by atoms with Crippen molar-refractivity contribution in [3.8, 4) is 5.75 Å². The van der Waals surface area contributed by atoms with Crippen LogP contribution in [0.2, 0.25) is 0 Å². The molecule has 1 aliphatic rings. The highest BCUT2D eigenvalue weighted by molar-refractivity contribution is 5.96. The first-order valence-electron chi connectivity index (χ1n) is 6.24. The predicted octanol–water partition coefficient (Wildman–Crippen LogP) is 1.63. The van der Waals surface area contributed by atoms with Crippen LogP contribution in [0, 0.1) is 5.41 Å². The van der Waals surface area contributed by atoms with Crippen molar-refractivity contribution in [2.75, 3.05) is 19.7 Å². The van der Waals surface area contributed by atoms with Crippen LogP contribution in [0.3, 0.4) is 0 Å². The van der Waals surface area contributed by atoms with Crippen molar-refractivity contribution in [2.24, 2.45) is 5.41 Å². The van der Waals surface area contributed by atoms with Gasteiger partial charge in [0.2, 0.25) is 0 Å². The Bertz CT molecular complexity index is 446. The van der Waals surface area contributed by atoms with E-state index >= 15 is 0 Å². The monoisotopic (exact) mass is 249 g/mol. The molecule has 0 radical (unpaired) electrons. The maximum Gasteiger partial charge on any atom is 0.257 e. The van der Waals surface area contributed by atoms with Gasteiger partial charge in [0.25, 0.3) is 5.91 Å². The fourth-order valence-corrected chi connectivity index (χ4v) is 2.44. The first kappa shape index (κ1) is 12.9. The van der Waals surface area contributed by atoms with Crippen LogP contribution >= 0.6 is 0 Å². The zero-order valence-corrected chi connectivity index (χ0v) is 10.6. The van der Waals surface area contributed by atoms with Gasteiger partial charge in [0.15, 0.2) is 0 Å². The van der Waals surface area contributed by atoms with E-state index in [4.69, 9.17) is 0 Å².